The molecule has 0 spiro atoms. The molecule has 402 valence electrons. The molecule has 75 heavy (non-hydrogen) atoms. The molecule has 0 fully saturated rings. The Hall–Kier alpha value is -5.20. The molecule has 2 N–H and O–H groups in total. The number of hydrogen-bond acceptors (Lipinski definition) is 9. The third kappa shape index (κ3) is 12.2. The van der Waals surface area contributed by atoms with Crippen LogP contribution in [0.1, 0.15) is 134 Å². The maximum atomic E-state index is 12.2. The Labute approximate surface area is 476 Å². The van der Waals surface area contributed by atoms with Gasteiger partial charge in [0.2, 0.25) is 0 Å². The summed E-state index contributed by atoms with van der Waals surface area (Å²) in [4.78, 5) is 34.0. The first-order valence-corrected chi connectivity index (χ1v) is 27.0. The summed E-state index contributed by atoms with van der Waals surface area (Å²) >= 11 is 1.78. The molecule has 0 saturated carbocycles. The quantitative estimate of drug-likeness (QED) is 0.0556. The van der Waals surface area contributed by atoms with E-state index in [1.165, 1.54) is 32.3 Å². The number of fused-ring (bicyclic) bond motifs is 9. The van der Waals surface area contributed by atoms with Gasteiger partial charge in [0.1, 0.15) is 22.7 Å². The Morgan fingerprint density at radius 3 is 1.41 bits per heavy atom. The van der Waals surface area contributed by atoms with Crippen LogP contribution in [0.5, 0.6) is 0 Å². The van der Waals surface area contributed by atoms with E-state index in [0.717, 1.165) is 118 Å². The number of hydrogen-bond donors (Lipinski definition) is 2. The van der Waals surface area contributed by atoms with Crippen molar-refractivity contribution in [3.63, 3.8) is 0 Å². The van der Waals surface area contributed by atoms with Gasteiger partial charge >= 0.3 is 0 Å². The molecule has 0 aliphatic carbocycles. The zero-order chi connectivity index (χ0) is 52.9. The van der Waals surface area contributed by atoms with Crippen LogP contribution in [0.4, 0.5) is 0 Å². The van der Waals surface area contributed by atoms with Crippen LogP contribution < -0.4 is 0 Å². The van der Waals surface area contributed by atoms with Crippen molar-refractivity contribution in [1.82, 2.24) is 9.97 Å². The van der Waals surface area contributed by atoms with Crippen LogP contribution in [-0.4, -0.2) is 31.7 Å². The molecule has 0 bridgehead atoms. The monoisotopic (exact) mass is 1390 g/mol. The van der Waals surface area contributed by atoms with E-state index in [1.54, 1.807) is 11.3 Å². The number of thiophene rings is 1. The fourth-order valence-electron chi connectivity index (χ4n) is 8.97. The zero-order valence-electron chi connectivity index (χ0n) is 45.5. The predicted octanol–water partition coefficient (Wildman–Crippen LogP) is 18.9. The Kier molecular flexibility index (Phi) is 20.5. The molecule has 9 rings (SSSR count). The summed E-state index contributed by atoms with van der Waals surface area (Å²) < 4.78 is 15.2. The molecule has 0 atom stereocenters. The van der Waals surface area contributed by atoms with Crippen molar-refractivity contribution in [2.45, 2.75) is 134 Å². The summed E-state index contributed by atoms with van der Waals surface area (Å²) in [5.74, 6) is 0.572. The molecule has 0 saturated heterocycles. The molecular formula is C64H72N2O6Pt2S-2. The van der Waals surface area contributed by atoms with E-state index < -0.39 is 0 Å². The molecule has 0 radical (unpaired) electrons. The number of pyridine rings is 2. The minimum atomic E-state index is -0.337. The molecule has 8 nitrogen and oxygen atoms in total. The van der Waals surface area contributed by atoms with Crippen LogP contribution >= 0.6 is 11.3 Å². The number of allylic oxidation sites excluding steroid dienone is 4. The van der Waals surface area contributed by atoms with Gasteiger partial charge in [0.25, 0.3) is 0 Å². The van der Waals surface area contributed by atoms with Crippen LogP contribution in [0.15, 0.2) is 130 Å². The summed E-state index contributed by atoms with van der Waals surface area (Å²) in [5.41, 5.74) is 5.15. The van der Waals surface area contributed by atoms with Gasteiger partial charge in [-0.1, -0.05) is 147 Å². The van der Waals surface area contributed by atoms with Crippen molar-refractivity contribution in [1.29, 1.82) is 0 Å². The van der Waals surface area contributed by atoms with E-state index in [1.807, 2.05) is 144 Å². The van der Waals surface area contributed by atoms with Crippen LogP contribution in [-0.2, 0) is 51.7 Å². The van der Waals surface area contributed by atoms with Crippen LogP contribution in [0, 0.1) is 33.8 Å². The number of aliphatic hydroxyl groups excluding tert-OH is 2. The van der Waals surface area contributed by atoms with Crippen molar-refractivity contribution >= 4 is 87.0 Å². The normalized spacial score (nSPS) is 12.6. The zero-order valence-corrected chi connectivity index (χ0v) is 50.9. The molecule has 5 heterocycles. The minimum absolute atomic E-state index is 0. The third-order valence-corrected chi connectivity index (χ3v) is 17.8. The fraction of sp³-hybridized carbons (Fsp3) is 0.375. The van der Waals surface area contributed by atoms with E-state index in [-0.39, 0.29) is 86.9 Å². The number of benzene rings is 4. The van der Waals surface area contributed by atoms with E-state index >= 15 is 0 Å². The maximum Gasteiger partial charge on any atom is 0.164 e. The maximum absolute atomic E-state index is 12.2. The standard InChI is InChI=1S/C34H16N2O2S.2C15H28O2.2Pt/c1-3-13-29-19(7-1)25-17-35-27(15-30(25)37-29)23-11-5-9-21-22-10-6-12-24(34(22)38-33(21)23)28-16-32-26(18-36-28)20-8-2-4-14-31(20)39-32;2*1-7-14(5,8-2)12(16)11-13(17)15(6,9-3)10-4;;/h1-10,13-18H;2*11,16H,7-10H2,1-6H3;;/q-2;;;;/b;2*12-11-;;. The van der Waals surface area contributed by atoms with E-state index in [4.69, 9.17) is 18.8 Å². The van der Waals surface area contributed by atoms with Gasteiger partial charge < -0.3 is 29.0 Å². The smallest absolute Gasteiger partial charge is 0.164 e. The fourth-order valence-corrected chi connectivity index (χ4v) is 10.1. The molecular weight excluding hydrogens is 1310 g/mol. The topological polar surface area (TPSA) is 127 Å². The molecule has 0 unspecified atom stereocenters. The van der Waals surface area contributed by atoms with Crippen molar-refractivity contribution in [2.24, 2.45) is 21.7 Å². The molecule has 4 aromatic carbocycles. The number of carbonyl (C=O) groups excluding carboxylic acids is 2. The molecule has 0 amide bonds. The van der Waals surface area contributed by atoms with E-state index in [9.17, 15) is 19.8 Å². The summed E-state index contributed by atoms with van der Waals surface area (Å²) in [7, 11) is 0. The largest absolute Gasteiger partial charge is 0.545 e. The first-order chi connectivity index (χ1) is 34.9. The van der Waals surface area contributed by atoms with E-state index in [2.05, 4.69) is 48.5 Å². The Bertz CT molecular complexity index is 3260. The number of ketones is 2. The predicted molar refractivity (Wildman–Crippen MR) is 304 cm³/mol. The molecule has 0 aliphatic rings. The summed E-state index contributed by atoms with van der Waals surface area (Å²) in [6.07, 6.45) is 13.3. The SMILES string of the molecule is CCC(C)(CC)C(=O)/C=C(\O)C(C)(CC)CC.CCC(C)(CC)C(=O)/C=C(\O)C(C)(CC)CC.[Pt].[Pt].[c-]1ccc2c(oc3c(-c4cc5sc6ccccc6c5cn4)[c-]ccc32)c1-c1cc2oc3ccccc3c2cn1. The average molecular weight is 1390 g/mol. The number of furan rings is 2. The Morgan fingerprint density at radius 1 is 0.507 bits per heavy atom. The third-order valence-electron chi connectivity index (χ3n) is 16.6. The number of aromatic nitrogens is 2. The number of nitrogens with zero attached hydrogens (tertiary/aromatic N) is 2. The van der Waals surface area contributed by atoms with Gasteiger partial charge in [-0.2, -0.15) is 0 Å². The van der Waals surface area contributed by atoms with Crippen LogP contribution in [0.2, 0.25) is 0 Å². The second kappa shape index (κ2) is 25.3. The second-order valence-corrected chi connectivity index (χ2v) is 21.6. The first-order valence-electron chi connectivity index (χ1n) is 26.1. The van der Waals surface area contributed by atoms with E-state index in [0.29, 0.717) is 0 Å². The van der Waals surface area contributed by atoms with Gasteiger partial charge in [-0.05, 0) is 81.0 Å². The number of aliphatic hydroxyl groups is 2. The van der Waals surface area contributed by atoms with Crippen molar-refractivity contribution in [2.75, 3.05) is 0 Å². The molecule has 0 aliphatic heterocycles. The molecule has 5 aromatic heterocycles. The van der Waals surface area contributed by atoms with Crippen molar-refractivity contribution in [3.05, 3.63) is 133 Å². The number of carbonyl (C=O) groups is 2. The van der Waals surface area contributed by atoms with Crippen LogP contribution in [0.25, 0.3) is 86.6 Å². The van der Waals surface area contributed by atoms with Gasteiger partial charge in [-0.15, -0.1) is 47.7 Å². The Balaban J connectivity index is 0.000000245. The number of rotatable bonds is 16. The average Bonchev–Trinajstić information content (AvgIpc) is 4.13. The van der Waals surface area contributed by atoms with Crippen LogP contribution in [0.3, 0.4) is 0 Å². The van der Waals surface area contributed by atoms with Gasteiger partial charge in [-0.25, -0.2) is 0 Å². The van der Waals surface area contributed by atoms with Crippen molar-refractivity contribution < 1.29 is 70.8 Å². The second-order valence-electron chi connectivity index (χ2n) is 20.5. The summed E-state index contributed by atoms with van der Waals surface area (Å²) in [5, 5.41) is 26.7. The molecule has 9 aromatic rings. The summed E-state index contributed by atoms with van der Waals surface area (Å²) in [6, 6.07) is 35.3. The van der Waals surface area contributed by atoms with Gasteiger partial charge in [0.15, 0.2) is 11.6 Å². The Morgan fingerprint density at radius 2 is 0.933 bits per heavy atom. The number of para-hydroxylation sites is 1. The molecule has 11 heteroatoms. The van der Waals surface area contributed by atoms with Crippen molar-refractivity contribution in [3.8, 4) is 22.5 Å². The summed E-state index contributed by atoms with van der Waals surface area (Å²) in [6.45, 7) is 24.2. The van der Waals surface area contributed by atoms with Gasteiger partial charge in [0, 0.05) is 130 Å². The van der Waals surface area contributed by atoms with Gasteiger partial charge in [0.05, 0.1) is 0 Å². The minimum Gasteiger partial charge on any atom is -0.545 e. The first kappa shape index (κ1) is 60.7. The van der Waals surface area contributed by atoms with Gasteiger partial charge in [-0.3, -0.25) is 9.59 Å².